The Morgan fingerprint density at radius 1 is 1.44 bits per heavy atom. The molecule has 3 N–H and O–H groups in total. The number of H-pyrrole nitrogens is 1. The van der Waals surface area contributed by atoms with Gasteiger partial charge in [0.1, 0.15) is 0 Å². The van der Waals surface area contributed by atoms with Crippen LogP contribution in [0.15, 0.2) is 0 Å². The molecular weight excluding hydrogens is 232 g/mol. The molecule has 0 amide bonds. The Labute approximate surface area is 94.8 Å². The van der Waals surface area contributed by atoms with Crippen LogP contribution >= 0.6 is 0 Å². The maximum Gasteiger partial charge on any atom is 0.300 e. The van der Waals surface area contributed by atoms with Gasteiger partial charge < -0.3 is 4.74 Å². The highest BCUT2D eigenvalue weighted by molar-refractivity contribution is 7.90. The van der Waals surface area contributed by atoms with Crippen molar-refractivity contribution in [3.63, 3.8) is 0 Å². The van der Waals surface area contributed by atoms with E-state index in [1.807, 2.05) is 6.92 Å². The van der Waals surface area contributed by atoms with E-state index in [4.69, 9.17) is 4.74 Å². The van der Waals surface area contributed by atoms with Gasteiger partial charge in [-0.05, 0) is 13.8 Å². The highest BCUT2D eigenvalue weighted by Gasteiger charge is 2.13. The molecule has 0 aliphatic rings. The molecule has 7 nitrogen and oxygen atoms in total. The van der Waals surface area contributed by atoms with Crippen molar-refractivity contribution >= 4 is 16.0 Å². The van der Waals surface area contributed by atoms with Crippen molar-refractivity contribution in [2.45, 2.75) is 13.8 Å². The maximum absolute atomic E-state index is 11.5. The number of nitrogens with one attached hydrogen (secondary N) is 3. The fourth-order valence-corrected chi connectivity index (χ4v) is 1.90. The van der Waals surface area contributed by atoms with Gasteiger partial charge in [0.25, 0.3) is 10.2 Å². The van der Waals surface area contributed by atoms with Crippen molar-refractivity contribution in [2.24, 2.45) is 0 Å². The molecule has 0 aliphatic carbocycles. The molecule has 1 heterocycles. The van der Waals surface area contributed by atoms with Crippen LogP contribution in [0.25, 0.3) is 0 Å². The van der Waals surface area contributed by atoms with Crippen molar-refractivity contribution in [2.75, 3.05) is 25.0 Å². The Bertz CT molecular complexity index is 440. The van der Waals surface area contributed by atoms with Gasteiger partial charge in [-0.2, -0.15) is 18.2 Å². The summed E-state index contributed by atoms with van der Waals surface area (Å²) >= 11 is 0. The first-order valence-electron chi connectivity index (χ1n) is 4.74. The molecule has 0 bridgehead atoms. The minimum absolute atomic E-state index is 0.217. The summed E-state index contributed by atoms with van der Waals surface area (Å²) in [7, 11) is -2.08. The summed E-state index contributed by atoms with van der Waals surface area (Å²) in [6.07, 6.45) is 0. The molecule has 0 saturated carbocycles. The second-order valence-electron chi connectivity index (χ2n) is 3.31. The Morgan fingerprint density at radius 3 is 2.62 bits per heavy atom. The molecule has 0 aromatic carbocycles. The molecule has 0 atom stereocenters. The second-order valence-corrected chi connectivity index (χ2v) is 4.81. The number of nitrogens with zero attached hydrogens (tertiary/aromatic N) is 1. The monoisotopic (exact) mass is 248 g/mol. The zero-order valence-electron chi connectivity index (χ0n) is 9.49. The van der Waals surface area contributed by atoms with Crippen molar-refractivity contribution in [1.29, 1.82) is 0 Å². The molecule has 0 radical (unpaired) electrons. The molecule has 1 aromatic rings. The molecule has 1 rings (SSSR count). The molecule has 0 fully saturated rings. The van der Waals surface area contributed by atoms with E-state index < -0.39 is 10.2 Å². The first-order chi connectivity index (χ1) is 7.46. The van der Waals surface area contributed by atoms with E-state index in [9.17, 15) is 8.42 Å². The fourth-order valence-electron chi connectivity index (χ4n) is 1.03. The summed E-state index contributed by atoms with van der Waals surface area (Å²) in [5, 5.41) is 6.54. The van der Waals surface area contributed by atoms with Gasteiger partial charge in [-0.15, -0.1) is 0 Å². The molecule has 0 saturated heterocycles. The highest BCUT2D eigenvalue weighted by atomic mass is 32.2. The SMILES string of the molecule is COCCNS(=O)(=O)Nc1n[nH]c(C)c1C. The number of aryl methyl sites for hydroxylation is 1. The van der Waals surface area contributed by atoms with E-state index in [1.165, 1.54) is 7.11 Å². The minimum atomic E-state index is -3.58. The highest BCUT2D eigenvalue weighted by Crippen LogP contribution is 2.14. The summed E-state index contributed by atoms with van der Waals surface area (Å²) < 4.78 is 32.4. The lowest BCUT2D eigenvalue weighted by Gasteiger charge is -2.07. The topological polar surface area (TPSA) is 96.1 Å². The molecule has 16 heavy (non-hydrogen) atoms. The van der Waals surface area contributed by atoms with Crippen molar-refractivity contribution in [1.82, 2.24) is 14.9 Å². The first-order valence-corrected chi connectivity index (χ1v) is 6.22. The average molecular weight is 248 g/mol. The summed E-state index contributed by atoms with van der Waals surface area (Å²) in [5.41, 5.74) is 1.60. The molecule has 0 aliphatic heterocycles. The third kappa shape index (κ3) is 3.47. The van der Waals surface area contributed by atoms with E-state index in [0.29, 0.717) is 12.4 Å². The van der Waals surface area contributed by atoms with Crippen molar-refractivity contribution in [3.8, 4) is 0 Å². The van der Waals surface area contributed by atoms with Gasteiger partial charge in [0, 0.05) is 24.9 Å². The number of rotatable bonds is 6. The first kappa shape index (κ1) is 12.9. The number of hydrogen-bond donors (Lipinski definition) is 3. The van der Waals surface area contributed by atoms with E-state index in [1.54, 1.807) is 6.92 Å². The lowest BCUT2D eigenvalue weighted by Crippen LogP contribution is -2.32. The van der Waals surface area contributed by atoms with Gasteiger partial charge in [-0.25, -0.2) is 0 Å². The van der Waals surface area contributed by atoms with E-state index >= 15 is 0 Å². The van der Waals surface area contributed by atoms with E-state index in [0.717, 1.165) is 11.3 Å². The van der Waals surface area contributed by atoms with Gasteiger partial charge in [0.15, 0.2) is 5.82 Å². The molecule has 0 unspecified atom stereocenters. The van der Waals surface area contributed by atoms with Crippen LogP contribution in [0, 0.1) is 13.8 Å². The lowest BCUT2D eigenvalue weighted by molar-refractivity contribution is 0.204. The predicted octanol–water partition coefficient (Wildman–Crippen LogP) is -0.0808. The third-order valence-corrected chi connectivity index (χ3v) is 3.13. The maximum atomic E-state index is 11.5. The second kappa shape index (κ2) is 5.28. The Morgan fingerprint density at radius 2 is 2.12 bits per heavy atom. The largest absolute Gasteiger partial charge is 0.383 e. The molecule has 8 heteroatoms. The summed E-state index contributed by atoms with van der Waals surface area (Å²) in [6.45, 7) is 4.14. The molecule has 92 valence electrons. The fraction of sp³-hybridized carbons (Fsp3) is 0.625. The van der Waals surface area contributed by atoms with Crippen LogP contribution in [-0.4, -0.2) is 38.9 Å². The Kier molecular flexibility index (Phi) is 4.27. The van der Waals surface area contributed by atoms with Gasteiger partial charge in [-0.3, -0.25) is 9.82 Å². The number of anilines is 1. The Balaban J connectivity index is 2.62. The normalized spacial score (nSPS) is 11.7. The zero-order chi connectivity index (χ0) is 12.2. The number of ether oxygens (including phenoxy) is 1. The van der Waals surface area contributed by atoms with Gasteiger partial charge in [0.05, 0.1) is 6.61 Å². The lowest BCUT2D eigenvalue weighted by atomic mass is 10.3. The predicted molar refractivity (Wildman–Crippen MR) is 60.5 cm³/mol. The standard InChI is InChI=1S/C8H16N4O3S/c1-6-7(2)10-11-8(6)12-16(13,14)9-4-5-15-3/h9H,4-5H2,1-3H3,(H2,10,11,12). The molecular formula is C8H16N4O3S. The van der Waals surface area contributed by atoms with E-state index in [2.05, 4.69) is 19.6 Å². The van der Waals surface area contributed by atoms with Crippen LogP contribution in [0.3, 0.4) is 0 Å². The summed E-state index contributed by atoms with van der Waals surface area (Å²) in [5.74, 6) is 0.308. The number of aromatic nitrogens is 2. The van der Waals surface area contributed by atoms with Crippen LogP contribution in [0.4, 0.5) is 5.82 Å². The van der Waals surface area contributed by atoms with Gasteiger partial charge in [0.2, 0.25) is 0 Å². The van der Waals surface area contributed by atoms with Crippen LogP contribution in [0.5, 0.6) is 0 Å². The van der Waals surface area contributed by atoms with Crippen molar-refractivity contribution < 1.29 is 13.2 Å². The van der Waals surface area contributed by atoms with E-state index in [-0.39, 0.29) is 6.54 Å². The number of methoxy groups -OCH3 is 1. The molecule has 0 spiro atoms. The number of hydrogen-bond acceptors (Lipinski definition) is 4. The van der Waals surface area contributed by atoms with Crippen molar-refractivity contribution in [3.05, 3.63) is 11.3 Å². The molecule has 1 aromatic heterocycles. The van der Waals surface area contributed by atoms with Crippen LogP contribution < -0.4 is 9.44 Å². The van der Waals surface area contributed by atoms with Gasteiger partial charge in [-0.1, -0.05) is 0 Å². The Hall–Kier alpha value is -1.12. The van der Waals surface area contributed by atoms with Gasteiger partial charge >= 0.3 is 0 Å². The van der Waals surface area contributed by atoms with Crippen LogP contribution in [-0.2, 0) is 14.9 Å². The third-order valence-electron chi connectivity index (χ3n) is 2.08. The summed E-state index contributed by atoms with van der Waals surface area (Å²) in [6, 6.07) is 0. The average Bonchev–Trinajstić information content (AvgIpc) is 2.49. The quantitative estimate of drug-likeness (QED) is 0.613. The zero-order valence-corrected chi connectivity index (χ0v) is 10.3. The van der Waals surface area contributed by atoms with Crippen LogP contribution in [0.1, 0.15) is 11.3 Å². The minimum Gasteiger partial charge on any atom is -0.383 e. The summed E-state index contributed by atoms with van der Waals surface area (Å²) in [4.78, 5) is 0. The number of aromatic amines is 1. The smallest absolute Gasteiger partial charge is 0.300 e. The van der Waals surface area contributed by atoms with Crippen LogP contribution in [0.2, 0.25) is 0 Å².